The van der Waals surface area contributed by atoms with Crippen LogP contribution in [0.25, 0.3) is 5.69 Å². The van der Waals surface area contributed by atoms with Gasteiger partial charge in [-0.2, -0.15) is 15.0 Å². The monoisotopic (exact) mass is 405 g/mol. The molecule has 0 atom stereocenters. The van der Waals surface area contributed by atoms with E-state index < -0.39 is 17.3 Å². The quantitative estimate of drug-likeness (QED) is 0.511. The lowest BCUT2D eigenvalue weighted by Crippen LogP contribution is -2.24. The number of benzene rings is 2. The van der Waals surface area contributed by atoms with E-state index in [1.54, 1.807) is 18.2 Å². The van der Waals surface area contributed by atoms with Gasteiger partial charge in [-0.25, -0.2) is 13.6 Å². The van der Waals surface area contributed by atoms with Crippen LogP contribution in [0.1, 0.15) is 22.5 Å². The second kappa shape index (κ2) is 7.79. The minimum atomic E-state index is -0.712. The van der Waals surface area contributed by atoms with Crippen LogP contribution in [0.15, 0.2) is 65.7 Å². The number of hydrogen-bond acceptors (Lipinski definition) is 3. The van der Waals surface area contributed by atoms with Gasteiger partial charge in [-0.1, -0.05) is 18.2 Å². The summed E-state index contributed by atoms with van der Waals surface area (Å²) in [4.78, 5) is 12.6. The van der Waals surface area contributed by atoms with E-state index in [2.05, 4.69) is 11.2 Å². The molecule has 4 rings (SSSR count). The molecule has 2 aromatic carbocycles. The molecule has 2 aromatic heterocycles. The Morgan fingerprint density at radius 3 is 2.37 bits per heavy atom. The van der Waals surface area contributed by atoms with E-state index in [1.807, 2.05) is 29.7 Å². The van der Waals surface area contributed by atoms with E-state index in [-0.39, 0.29) is 12.1 Å². The molecule has 6 nitrogen and oxygen atoms in total. The summed E-state index contributed by atoms with van der Waals surface area (Å²) < 4.78 is 32.0. The van der Waals surface area contributed by atoms with Crippen LogP contribution in [-0.4, -0.2) is 18.9 Å². The Bertz CT molecular complexity index is 1290. The number of hydrogen-bond donors (Lipinski definition) is 0. The van der Waals surface area contributed by atoms with Gasteiger partial charge in [0.05, 0.1) is 12.2 Å². The standard InChI is InChI=1S/C22H17F2N5O/c1-15-5-8-18(11-25)28(15)12-16-6-9-17(10-7-16)29-22(30)27(14-26-29)13-19-20(23)3-2-4-21(19)24/h2-10,14H,12-13H2,1H3. The third-order valence-electron chi connectivity index (χ3n) is 4.96. The van der Waals surface area contributed by atoms with Gasteiger partial charge < -0.3 is 4.57 Å². The van der Waals surface area contributed by atoms with Crippen LogP contribution in [-0.2, 0) is 13.1 Å². The number of nitriles is 1. The molecule has 0 radical (unpaired) electrons. The summed E-state index contributed by atoms with van der Waals surface area (Å²) >= 11 is 0. The summed E-state index contributed by atoms with van der Waals surface area (Å²) in [6, 6.07) is 16.6. The van der Waals surface area contributed by atoms with Gasteiger partial charge in [-0.15, -0.1) is 0 Å². The second-order valence-electron chi connectivity index (χ2n) is 6.88. The maximum Gasteiger partial charge on any atom is 0.350 e. The van der Waals surface area contributed by atoms with E-state index in [0.29, 0.717) is 17.9 Å². The molecule has 0 N–H and O–H groups in total. The predicted molar refractivity (Wildman–Crippen MR) is 106 cm³/mol. The number of aryl methyl sites for hydroxylation is 1. The van der Waals surface area contributed by atoms with Crippen LogP contribution in [0, 0.1) is 29.9 Å². The lowest BCUT2D eigenvalue weighted by atomic mass is 10.2. The molecule has 0 fully saturated rings. The topological polar surface area (TPSA) is 68.5 Å². The SMILES string of the molecule is Cc1ccc(C#N)n1Cc1ccc(-n2ncn(Cc3c(F)cccc3F)c2=O)cc1. The summed E-state index contributed by atoms with van der Waals surface area (Å²) in [5.41, 5.74) is 2.35. The van der Waals surface area contributed by atoms with Gasteiger partial charge in [0.15, 0.2) is 0 Å². The second-order valence-corrected chi connectivity index (χ2v) is 6.88. The van der Waals surface area contributed by atoms with Gasteiger partial charge in [-0.3, -0.25) is 4.57 Å². The molecule has 30 heavy (non-hydrogen) atoms. The van der Waals surface area contributed by atoms with E-state index in [9.17, 15) is 18.8 Å². The predicted octanol–water partition coefficient (Wildman–Crippen LogP) is 3.39. The van der Waals surface area contributed by atoms with Crippen molar-refractivity contribution in [3.63, 3.8) is 0 Å². The lowest BCUT2D eigenvalue weighted by molar-refractivity contribution is 0.541. The van der Waals surface area contributed by atoms with Crippen molar-refractivity contribution in [2.75, 3.05) is 0 Å². The molecule has 0 saturated heterocycles. The third-order valence-corrected chi connectivity index (χ3v) is 4.96. The zero-order valence-corrected chi connectivity index (χ0v) is 16.1. The molecule has 0 spiro atoms. The summed E-state index contributed by atoms with van der Waals surface area (Å²) in [6.45, 7) is 2.21. The highest BCUT2D eigenvalue weighted by Gasteiger charge is 2.13. The fourth-order valence-electron chi connectivity index (χ4n) is 3.28. The summed E-state index contributed by atoms with van der Waals surface area (Å²) in [6.07, 6.45) is 1.25. The van der Waals surface area contributed by atoms with Crippen LogP contribution < -0.4 is 5.69 Å². The fraction of sp³-hybridized carbons (Fsp3) is 0.136. The number of nitrogens with zero attached hydrogens (tertiary/aromatic N) is 5. The van der Waals surface area contributed by atoms with Crippen LogP contribution in [0.3, 0.4) is 0 Å². The highest BCUT2D eigenvalue weighted by atomic mass is 19.1. The highest BCUT2D eigenvalue weighted by molar-refractivity contribution is 5.35. The summed E-state index contributed by atoms with van der Waals surface area (Å²) in [7, 11) is 0. The van der Waals surface area contributed by atoms with Crippen molar-refractivity contribution < 1.29 is 8.78 Å². The van der Waals surface area contributed by atoms with Crippen LogP contribution in [0.5, 0.6) is 0 Å². The van der Waals surface area contributed by atoms with Gasteiger partial charge >= 0.3 is 5.69 Å². The molecule has 8 heteroatoms. The fourth-order valence-corrected chi connectivity index (χ4v) is 3.28. The van der Waals surface area contributed by atoms with E-state index in [4.69, 9.17) is 0 Å². The Balaban J connectivity index is 1.58. The molecule has 0 aliphatic heterocycles. The molecule has 0 bridgehead atoms. The first-order chi connectivity index (χ1) is 14.5. The van der Waals surface area contributed by atoms with Crippen molar-refractivity contribution in [2.24, 2.45) is 0 Å². The largest absolute Gasteiger partial charge is 0.350 e. The van der Waals surface area contributed by atoms with Crippen molar-refractivity contribution in [3.8, 4) is 11.8 Å². The number of halogens is 2. The van der Waals surface area contributed by atoms with Crippen molar-refractivity contribution >= 4 is 0 Å². The highest BCUT2D eigenvalue weighted by Crippen LogP contribution is 2.15. The van der Waals surface area contributed by atoms with Crippen molar-refractivity contribution in [3.05, 3.63) is 106 Å². The molecule has 0 aliphatic rings. The van der Waals surface area contributed by atoms with Gasteiger partial charge in [0.1, 0.15) is 29.7 Å². The van der Waals surface area contributed by atoms with Crippen LogP contribution >= 0.6 is 0 Å². The molecule has 150 valence electrons. The Morgan fingerprint density at radius 2 is 1.70 bits per heavy atom. The van der Waals surface area contributed by atoms with Crippen LogP contribution in [0.2, 0.25) is 0 Å². The van der Waals surface area contributed by atoms with E-state index in [0.717, 1.165) is 28.0 Å². The molecule has 0 amide bonds. The third kappa shape index (κ3) is 3.53. The lowest BCUT2D eigenvalue weighted by Gasteiger charge is -2.09. The normalized spacial score (nSPS) is 10.9. The van der Waals surface area contributed by atoms with Crippen molar-refractivity contribution in [1.29, 1.82) is 5.26 Å². The smallest absolute Gasteiger partial charge is 0.332 e. The Hall–Kier alpha value is -3.99. The minimum absolute atomic E-state index is 0.190. The molecule has 0 unspecified atom stereocenters. The zero-order chi connectivity index (χ0) is 21.3. The van der Waals surface area contributed by atoms with Crippen molar-refractivity contribution in [1.82, 2.24) is 18.9 Å². The molecular weight excluding hydrogens is 388 g/mol. The van der Waals surface area contributed by atoms with Gasteiger partial charge in [-0.05, 0) is 48.9 Å². The van der Waals surface area contributed by atoms with Gasteiger partial charge in [0, 0.05) is 17.8 Å². The average Bonchev–Trinajstić information content (AvgIpc) is 3.28. The maximum absolute atomic E-state index is 13.9. The molecule has 4 aromatic rings. The van der Waals surface area contributed by atoms with E-state index in [1.165, 1.54) is 17.1 Å². The number of aromatic nitrogens is 4. The summed E-state index contributed by atoms with van der Waals surface area (Å²) in [5, 5.41) is 13.3. The maximum atomic E-state index is 13.9. The number of rotatable bonds is 5. The first-order valence-corrected chi connectivity index (χ1v) is 9.21. The molecular formula is C22H17F2N5O. The molecule has 0 aliphatic carbocycles. The van der Waals surface area contributed by atoms with Crippen LogP contribution in [0.4, 0.5) is 8.78 Å². The van der Waals surface area contributed by atoms with E-state index >= 15 is 0 Å². The van der Waals surface area contributed by atoms with Crippen molar-refractivity contribution in [2.45, 2.75) is 20.0 Å². The first kappa shape index (κ1) is 19.3. The minimum Gasteiger partial charge on any atom is -0.332 e. The first-order valence-electron chi connectivity index (χ1n) is 9.21. The van der Waals surface area contributed by atoms with Gasteiger partial charge in [0.2, 0.25) is 0 Å². The molecule has 0 saturated carbocycles. The Kier molecular flexibility index (Phi) is 5.02. The Morgan fingerprint density at radius 1 is 1.00 bits per heavy atom. The average molecular weight is 405 g/mol. The van der Waals surface area contributed by atoms with Gasteiger partial charge in [0.25, 0.3) is 0 Å². The summed E-state index contributed by atoms with van der Waals surface area (Å²) in [5.74, 6) is -1.42. The molecule has 2 heterocycles. The Labute approximate surface area is 170 Å². The zero-order valence-electron chi connectivity index (χ0n) is 16.1.